The van der Waals surface area contributed by atoms with Crippen LogP contribution in [0.1, 0.15) is 21.5 Å². The van der Waals surface area contributed by atoms with Crippen molar-refractivity contribution in [2.45, 2.75) is 30.2 Å². The zero-order valence-electron chi connectivity index (χ0n) is 15.4. The first-order chi connectivity index (χ1) is 13.4. The van der Waals surface area contributed by atoms with E-state index in [4.69, 9.17) is 0 Å². The molecule has 6 heteroatoms. The van der Waals surface area contributed by atoms with E-state index in [0.29, 0.717) is 5.69 Å². The third-order valence-corrected chi connectivity index (χ3v) is 5.17. The van der Waals surface area contributed by atoms with Gasteiger partial charge in [0.2, 0.25) is 0 Å². The Morgan fingerprint density at radius 2 is 1.75 bits per heavy atom. The molecule has 0 bridgehead atoms. The van der Waals surface area contributed by atoms with Gasteiger partial charge in [0.05, 0.1) is 0 Å². The topological polar surface area (TPSA) is 38.3 Å². The van der Waals surface area contributed by atoms with Gasteiger partial charge in [-0.1, -0.05) is 30.0 Å². The molecule has 3 rings (SSSR count). The van der Waals surface area contributed by atoms with Crippen molar-refractivity contribution in [1.29, 1.82) is 0 Å². The molecule has 0 saturated carbocycles. The summed E-state index contributed by atoms with van der Waals surface area (Å²) in [5.41, 5.74) is 3.27. The summed E-state index contributed by atoms with van der Waals surface area (Å²) in [5.74, 6) is -0.447. The van der Waals surface area contributed by atoms with Gasteiger partial charge in [0.1, 0.15) is 5.75 Å². The van der Waals surface area contributed by atoms with Crippen LogP contribution in [0.25, 0.3) is 0 Å². The monoisotopic (exact) mass is 399 g/mol. The number of ether oxygens (including phenoxy) is 1. The smallest absolute Gasteiger partial charge is 0.387 e. The van der Waals surface area contributed by atoms with Gasteiger partial charge in [-0.2, -0.15) is 8.78 Å². The molecule has 0 aliphatic heterocycles. The molecule has 0 heterocycles. The second kappa shape index (κ2) is 8.89. The predicted molar refractivity (Wildman–Crippen MR) is 108 cm³/mol. The molecule has 0 aliphatic rings. The summed E-state index contributed by atoms with van der Waals surface area (Å²) in [5, 5.41) is 2.76. The second-order valence-electron chi connectivity index (χ2n) is 6.26. The molecule has 3 aromatic rings. The summed E-state index contributed by atoms with van der Waals surface area (Å²) in [6.07, 6.45) is 0. The van der Waals surface area contributed by atoms with Crippen LogP contribution in [0.5, 0.6) is 5.75 Å². The van der Waals surface area contributed by atoms with E-state index in [0.717, 1.165) is 4.90 Å². The Bertz CT molecular complexity index is 975. The summed E-state index contributed by atoms with van der Waals surface area (Å²) >= 11 is 1.66. The highest BCUT2D eigenvalue weighted by atomic mass is 32.2. The van der Waals surface area contributed by atoms with Gasteiger partial charge in [0.15, 0.2) is 0 Å². The van der Waals surface area contributed by atoms with Crippen molar-refractivity contribution in [3.8, 4) is 5.75 Å². The van der Waals surface area contributed by atoms with Gasteiger partial charge in [0, 0.05) is 21.0 Å². The number of hydrogen-bond donors (Lipinski definition) is 1. The molecule has 0 radical (unpaired) electrons. The van der Waals surface area contributed by atoms with Crippen molar-refractivity contribution in [3.63, 3.8) is 0 Å². The van der Waals surface area contributed by atoms with Crippen LogP contribution in [0.3, 0.4) is 0 Å². The fourth-order valence-corrected chi connectivity index (χ4v) is 3.57. The molecular weight excluding hydrogens is 380 g/mol. The minimum Gasteiger partial charge on any atom is -0.435 e. The molecule has 144 valence electrons. The minimum absolute atomic E-state index is 0.0528. The summed E-state index contributed by atoms with van der Waals surface area (Å²) in [4.78, 5) is 14.6. The van der Waals surface area contributed by atoms with Crippen LogP contribution >= 0.6 is 11.8 Å². The second-order valence-corrected chi connectivity index (χ2v) is 7.37. The Hall–Kier alpha value is -2.86. The molecule has 0 atom stereocenters. The lowest BCUT2D eigenvalue weighted by molar-refractivity contribution is -0.0498. The Morgan fingerprint density at radius 3 is 2.46 bits per heavy atom. The van der Waals surface area contributed by atoms with E-state index >= 15 is 0 Å². The van der Waals surface area contributed by atoms with Crippen molar-refractivity contribution in [2.24, 2.45) is 0 Å². The van der Waals surface area contributed by atoms with Crippen molar-refractivity contribution < 1.29 is 18.3 Å². The molecular formula is C22H19F2NO2S. The zero-order chi connectivity index (χ0) is 20.1. The normalized spacial score (nSPS) is 10.8. The number of alkyl halides is 2. The Morgan fingerprint density at radius 1 is 1.00 bits per heavy atom. The van der Waals surface area contributed by atoms with Gasteiger partial charge < -0.3 is 10.1 Å². The third kappa shape index (κ3) is 5.33. The van der Waals surface area contributed by atoms with Crippen LogP contribution < -0.4 is 10.1 Å². The van der Waals surface area contributed by atoms with Crippen molar-refractivity contribution in [1.82, 2.24) is 0 Å². The summed E-state index contributed by atoms with van der Waals surface area (Å²) in [7, 11) is 0. The van der Waals surface area contributed by atoms with Crippen LogP contribution in [0, 0.1) is 13.8 Å². The number of halogens is 2. The van der Waals surface area contributed by atoms with Gasteiger partial charge in [-0.15, -0.1) is 0 Å². The summed E-state index contributed by atoms with van der Waals surface area (Å²) in [6, 6.07) is 19.5. The van der Waals surface area contributed by atoms with Crippen molar-refractivity contribution >= 4 is 23.4 Å². The van der Waals surface area contributed by atoms with Gasteiger partial charge in [-0.25, -0.2) is 0 Å². The molecule has 28 heavy (non-hydrogen) atoms. The van der Waals surface area contributed by atoms with E-state index in [1.54, 1.807) is 17.8 Å². The zero-order valence-corrected chi connectivity index (χ0v) is 16.2. The number of amides is 1. The number of hydrogen-bond acceptors (Lipinski definition) is 3. The summed E-state index contributed by atoms with van der Waals surface area (Å²) < 4.78 is 29.0. The largest absolute Gasteiger partial charge is 0.435 e. The molecule has 3 aromatic carbocycles. The maximum atomic E-state index is 12.4. The Kier molecular flexibility index (Phi) is 6.31. The van der Waals surface area contributed by atoms with E-state index in [1.807, 2.05) is 24.3 Å². The number of aryl methyl sites for hydroxylation is 2. The highest BCUT2D eigenvalue weighted by Gasteiger charge is 2.10. The molecule has 0 aliphatic carbocycles. The fraction of sp³-hybridized carbons (Fsp3) is 0.136. The Balaban J connectivity index is 1.67. The van der Waals surface area contributed by atoms with Gasteiger partial charge in [0.25, 0.3) is 5.91 Å². The average molecular weight is 399 g/mol. The van der Waals surface area contributed by atoms with Crippen LogP contribution in [0.2, 0.25) is 0 Å². The highest BCUT2D eigenvalue weighted by Crippen LogP contribution is 2.31. The SMILES string of the molecule is Cc1ccc(C)c(Sc2ccc(NC(=O)c3cccc(OC(F)F)c3)cc2)c1. The fourth-order valence-electron chi connectivity index (χ4n) is 2.57. The quantitative estimate of drug-likeness (QED) is 0.528. The third-order valence-electron chi connectivity index (χ3n) is 4.01. The first kappa shape index (κ1) is 19.9. The molecule has 3 nitrogen and oxygen atoms in total. The molecule has 1 amide bonds. The summed E-state index contributed by atoms with van der Waals surface area (Å²) in [6.45, 7) is 1.20. The molecule has 0 saturated heterocycles. The first-order valence-electron chi connectivity index (χ1n) is 8.62. The predicted octanol–water partition coefficient (Wildman–Crippen LogP) is 6.31. The molecule has 0 unspecified atom stereocenters. The van der Waals surface area contributed by atoms with Gasteiger partial charge in [-0.3, -0.25) is 4.79 Å². The van der Waals surface area contributed by atoms with Crippen LogP contribution in [-0.2, 0) is 0 Å². The molecule has 0 spiro atoms. The lowest BCUT2D eigenvalue weighted by atomic mass is 10.2. The van der Waals surface area contributed by atoms with Gasteiger partial charge in [-0.05, 0) is 73.5 Å². The first-order valence-corrected chi connectivity index (χ1v) is 9.44. The number of nitrogens with one attached hydrogen (secondary N) is 1. The van der Waals surface area contributed by atoms with Crippen LogP contribution in [-0.4, -0.2) is 12.5 Å². The average Bonchev–Trinajstić information content (AvgIpc) is 2.66. The number of anilines is 1. The lowest BCUT2D eigenvalue weighted by Gasteiger charge is -2.10. The van der Waals surface area contributed by atoms with Crippen molar-refractivity contribution in [3.05, 3.63) is 83.4 Å². The van der Waals surface area contributed by atoms with Crippen LogP contribution in [0.15, 0.2) is 76.5 Å². The van der Waals surface area contributed by atoms with E-state index < -0.39 is 12.5 Å². The maximum absolute atomic E-state index is 12.4. The van der Waals surface area contributed by atoms with E-state index in [1.165, 1.54) is 34.2 Å². The standard InChI is InChI=1S/C22H19F2NO2S/c1-14-6-7-15(2)20(12-14)28-19-10-8-17(9-11-19)25-21(26)16-4-3-5-18(13-16)27-22(23)24/h3-13,22H,1-2H3,(H,25,26). The number of carbonyl (C=O) groups is 1. The number of carbonyl (C=O) groups excluding carboxylic acids is 1. The van der Waals surface area contributed by atoms with E-state index in [-0.39, 0.29) is 11.3 Å². The molecule has 0 fully saturated rings. The number of rotatable bonds is 6. The molecule has 1 N–H and O–H groups in total. The van der Waals surface area contributed by atoms with E-state index in [9.17, 15) is 13.6 Å². The minimum atomic E-state index is -2.93. The number of benzene rings is 3. The van der Waals surface area contributed by atoms with Crippen LogP contribution in [0.4, 0.5) is 14.5 Å². The maximum Gasteiger partial charge on any atom is 0.387 e. The highest BCUT2D eigenvalue weighted by molar-refractivity contribution is 7.99. The van der Waals surface area contributed by atoms with Crippen molar-refractivity contribution in [2.75, 3.05) is 5.32 Å². The lowest BCUT2D eigenvalue weighted by Crippen LogP contribution is -2.12. The molecule has 0 aromatic heterocycles. The van der Waals surface area contributed by atoms with Gasteiger partial charge >= 0.3 is 6.61 Å². The Labute approximate surface area is 166 Å². The van der Waals surface area contributed by atoms with E-state index in [2.05, 4.69) is 42.1 Å².